The van der Waals surface area contributed by atoms with Crippen molar-refractivity contribution in [2.75, 3.05) is 40.5 Å². The fraction of sp³-hybridized carbons (Fsp3) is 0.727. The fourth-order valence-electron chi connectivity index (χ4n) is 0.636. The number of esters is 1. The van der Waals surface area contributed by atoms with Gasteiger partial charge in [-0.3, -0.25) is 0 Å². The Hall–Kier alpha value is -0.930. The van der Waals surface area contributed by atoms with Crippen LogP contribution in [0.1, 0.15) is 13.8 Å². The van der Waals surface area contributed by atoms with Gasteiger partial charge in [-0.25, -0.2) is 13.9 Å². The third-order valence-corrected chi connectivity index (χ3v) is 2.14. The van der Waals surface area contributed by atoms with Crippen LogP contribution >= 0.6 is 7.68 Å². The highest BCUT2D eigenvalue weighted by molar-refractivity contribution is 7.30. The molecule has 0 N–H and O–H groups in total. The van der Waals surface area contributed by atoms with Crippen LogP contribution in [-0.2, 0) is 18.7 Å². The minimum Gasteiger partial charge on any atom is -0.463 e. The standard InChI is InChI=1S/C6H10O2.C5H13NO2P/c1-4-8-6(7)5(2)3;1-6(2,3)4-5-9(7)8/h2,4H2,1,3H3;4-5H2,1-3H3/q;+1. The summed E-state index contributed by atoms with van der Waals surface area (Å²) in [7, 11) is 3.73. The molecule has 100 valence electrons. The lowest BCUT2D eigenvalue weighted by Crippen LogP contribution is -2.36. The van der Waals surface area contributed by atoms with Crippen molar-refractivity contribution in [1.82, 2.24) is 0 Å². The van der Waals surface area contributed by atoms with Gasteiger partial charge in [-0.05, 0) is 13.8 Å². The second-order valence-electron chi connectivity index (χ2n) is 4.57. The van der Waals surface area contributed by atoms with Gasteiger partial charge in [0.25, 0.3) is 0 Å². The first-order valence-electron chi connectivity index (χ1n) is 5.35. The summed E-state index contributed by atoms with van der Waals surface area (Å²) in [6.07, 6.45) is 0.291. The topological polar surface area (TPSA) is 60.4 Å². The molecule has 0 aromatic carbocycles. The molecule has 0 aromatic rings. The smallest absolute Gasteiger partial charge is 0.333 e. The molecule has 0 atom stereocenters. The summed E-state index contributed by atoms with van der Waals surface area (Å²) in [5.41, 5.74) is 0.451. The molecule has 0 unspecified atom stereocenters. The molecule has 0 aliphatic heterocycles. The van der Waals surface area contributed by atoms with Crippen LogP contribution in [-0.4, -0.2) is 50.9 Å². The average Bonchev–Trinajstić information content (AvgIpc) is 2.15. The highest BCUT2D eigenvalue weighted by Gasteiger charge is 2.07. The molecular formula is C11H23NO4P+. The van der Waals surface area contributed by atoms with E-state index in [-0.39, 0.29) is 5.97 Å². The maximum absolute atomic E-state index is 10.4. The maximum atomic E-state index is 10.4. The second kappa shape index (κ2) is 9.14. The summed E-state index contributed by atoms with van der Waals surface area (Å²) >= 11 is 0. The Kier molecular flexibility index (Phi) is 9.91. The third-order valence-electron chi connectivity index (χ3n) is 1.58. The van der Waals surface area contributed by atoms with E-state index in [2.05, 4.69) is 11.3 Å². The molecule has 6 heteroatoms. The average molecular weight is 264 g/mol. The predicted octanol–water partition coefficient (Wildman–Crippen LogP) is 1.99. The highest BCUT2D eigenvalue weighted by Crippen LogP contribution is 2.03. The largest absolute Gasteiger partial charge is 0.463 e. The normalized spacial score (nSPS) is 9.94. The van der Waals surface area contributed by atoms with Gasteiger partial charge in [-0.15, -0.1) is 0 Å². The van der Waals surface area contributed by atoms with E-state index in [4.69, 9.17) is 0 Å². The molecule has 0 spiro atoms. The molecule has 0 rings (SSSR count). The Morgan fingerprint density at radius 3 is 1.88 bits per heavy atom. The van der Waals surface area contributed by atoms with Gasteiger partial charge < -0.3 is 9.22 Å². The van der Waals surface area contributed by atoms with E-state index in [0.717, 1.165) is 0 Å². The predicted molar refractivity (Wildman–Crippen MR) is 67.5 cm³/mol. The van der Waals surface area contributed by atoms with Crippen LogP contribution in [0.2, 0.25) is 0 Å². The number of carbonyl (C=O) groups excluding carboxylic acids is 1. The Morgan fingerprint density at radius 2 is 1.76 bits per heavy atom. The Morgan fingerprint density at radius 1 is 1.29 bits per heavy atom. The van der Waals surface area contributed by atoms with Gasteiger partial charge in [-0.1, -0.05) is 6.58 Å². The number of rotatable bonds is 5. The summed E-state index contributed by atoms with van der Waals surface area (Å²) in [5.74, 6) is -0.312. The molecule has 0 aliphatic carbocycles. The van der Waals surface area contributed by atoms with Crippen LogP contribution in [0, 0.1) is 0 Å². The van der Waals surface area contributed by atoms with Crippen molar-refractivity contribution in [2.45, 2.75) is 13.8 Å². The van der Waals surface area contributed by atoms with Crippen LogP contribution in [0.15, 0.2) is 12.2 Å². The molecule has 0 saturated heterocycles. The second-order valence-corrected chi connectivity index (χ2v) is 5.68. The summed E-state index contributed by atoms with van der Waals surface area (Å²) in [6, 6.07) is 0. The lowest BCUT2D eigenvalue weighted by Gasteiger charge is -2.21. The SMILES string of the molecule is C=C(C)C(=O)OCC.C[N+](C)(C)CCP(=O)=O. The van der Waals surface area contributed by atoms with E-state index in [1.165, 1.54) is 0 Å². The van der Waals surface area contributed by atoms with Gasteiger partial charge in [0.15, 0.2) is 0 Å². The molecule has 0 amide bonds. The van der Waals surface area contributed by atoms with Crippen LogP contribution < -0.4 is 0 Å². The quantitative estimate of drug-likeness (QED) is 0.330. The molecule has 0 bridgehead atoms. The van der Waals surface area contributed by atoms with E-state index in [1.54, 1.807) is 13.8 Å². The molecule has 0 aliphatic rings. The summed E-state index contributed by atoms with van der Waals surface area (Å²) in [4.78, 5) is 10.4. The van der Waals surface area contributed by atoms with Crippen LogP contribution in [0.5, 0.6) is 0 Å². The van der Waals surface area contributed by atoms with Gasteiger partial charge >= 0.3 is 13.6 Å². The fourth-order valence-corrected chi connectivity index (χ4v) is 1.40. The van der Waals surface area contributed by atoms with Crippen molar-refractivity contribution in [3.8, 4) is 0 Å². The van der Waals surface area contributed by atoms with Crippen molar-refractivity contribution >= 4 is 13.6 Å². The van der Waals surface area contributed by atoms with Crippen LogP contribution in [0.25, 0.3) is 0 Å². The molecular weight excluding hydrogens is 241 g/mol. The number of carbonyl (C=O) groups is 1. The molecule has 0 fully saturated rings. The zero-order valence-corrected chi connectivity index (χ0v) is 12.3. The monoisotopic (exact) mass is 264 g/mol. The number of hydrogen-bond acceptors (Lipinski definition) is 4. The maximum Gasteiger partial charge on any atom is 0.333 e. The minimum absolute atomic E-state index is 0.291. The van der Waals surface area contributed by atoms with Gasteiger partial charge in [0.2, 0.25) is 0 Å². The zero-order valence-electron chi connectivity index (χ0n) is 11.4. The minimum atomic E-state index is -2.18. The van der Waals surface area contributed by atoms with Crippen molar-refractivity contribution in [1.29, 1.82) is 0 Å². The first-order chi connectivity index (χ1) is 7.60. The Balaban J connectivity index is 0. The van der Waals surface area contributed by atoms with E-state index < -0.39 is 7.68 Å². The number of nitrogens with zero attached hydrogens (tertiary/aromatic N) is 1. The van der Waals surface area contributed by atoms with Crippen molar-refractivity contribution in [3.05, 3.63) is 12.2 Å². The highest BCUT2D eigenvalue weighted by atomic mass is 31.1. The van der Waals surface area contributed by atoms with Gasteiger partial charge in [-0.2, -0.15) is 0 Å². The van der Waals surface area contributed by atoms with Gasteiger partial charge in [0.1, 0.15) is 6.16 Å². The van der Waals surface area contributed by atoms with Crippen molar-refractivity contribution in [2.24, 2.45) is 0 Å². The first-order valence-corrected chi connectivity index (χ1v) is 6.71. The molecule has 0 aromatic heterocycles. The van der Waals surface area contributed by atoms with Crippen molar-refractivity contribution in [3.63, 3.8) is 0 Å². The van der Waals surface area contributed by atoms with Crippen LogP contribution in [0.3, 0.4) is 0 Å². The molecule has 0 heterocycles. The molecule has 0 radical (unpaired) electrons. The Bertz CT molecular complexity index is 308. The molecule has 0 saturated carbocycles. The molecule has 17 heavy (non-hydrogen) atoms. The summed E-state index contributed by atoms with van der Waals surface area (Å²) in [6.45, 7) is 7.90. The number of hydrogen-bond donors (Lipinski definition) is 0. The van der Waals surface area contributed by atoms with E-state index in [1.807, 2.05) is 21.1 Å². The number of quaternary nitrogens is 1. The Labute approximate surface area is 104 Å². The lowest BCUT2D eigenvalue weighted by molar-refractivity contribution is -0.867. The van der Waals surface area contributed by atoms with Crippen LogP contribution in [0.4, 0.5) is 0 Å². The van der Waals surface area contributed by atoms with E-state index in [0.29, 0.717) is 29.4 Å². The summed E-state index contributed by atoms with van der Waals surface area (Å²) < 4.78 is 25.4. The zero-order chi connectivity index (χ0) is 14.1. The van der Waals surface area contributed by atoms with Gasteiger partial charge in [0, 0.05) is 5.57 Å². The molecule has 5 nitrogen and oxygen atoms in total. The summed E-state index contributed by atoms with van der Waals surface area (Å²) in [5, 5.41) is 0. The third kappa shape index (κ3) is 17.7. The lowest BCUT2D eigenvalue weighted by atomic mass is 10.4. The van der Waals surface area contributed by atoms with E-state index >= 15 is 0 Å². The number of ether oxygens (including phenoxy) is 1. The van der Waals surface area contributed by atoms with Crippen molar-refractivity contribution < 1.29 is 23.1 Å². The first kappa shape index (κ1) is 18.4. The van der Waals surface area contributed by atoms with Gasteiger partial charge in [0.05, 0.1) is 34.3 Å². The van der Waals surface area contributed by atoms with E-state index in [9.17, 15) is 13.9 Å².